The van der Waals surface area contributed by atoms with Crippen LogP contribution in [0.25, 0.3) is 0 Å². The van der Waals surface area contributed by atoms with Gasteiger partial charge < -0.3 is 9.47 Å². The van der Waals surface area contributed by atoms with Crippen molar-refractivity contribution in [3.63, 3.8) is 0 Å². The summed E-state index contributed by atoms with van der Waals surface area (Å²) in [5, 5.41) is 0. The van der Waals surface area contributed by atoms with Crippen molar-refractivity contribution >= 4 is 5.97 Å². The van der Waals surface area contributed by atoms with E-state index in [0.717, 1.165) is 0 Å². The zero-order valence-electron chi connectivity index (χ0n) is 9.50. The van der Waals surface area contributed by atoms with Crippen molar-refractivity contribution in [3.8, 4) is 0 Å². The van der Waals surface area contributed by atoms with E-state index in [-0.39, 0.29) is 11.4 Å². The summed E-state index contributed by atoms with van der Waals surface area (Å²) >= 11 is 0. The van der Waals surface area contributed by atoms with Crippen LogP contribution in [0.15, 0.2) is 12.2 Å². The van der Waals surface area contributed by atoms with Gasteiger partial charge in [0.1, 0.15) is 0 Å². The van der Waals surface area contributed by atoms with Crippen molar-refractivity contribution < 1.29 is 14.3 Å². The Bertz CT molecular complexity index is 195. The number of carbonyl (C=O) groups is 1. The van der Waals surface area contributed by atoms with Crippen molar-refractivity contribution in [2.45, 2.75) is 27.7 Å². The molecule has 0 fully saturated rings. The van der Waals surface area contributed by atoms with Gasteiger partial charge in [-0.1, -0.05) is 19.9 Å². The van der Waals surface area contributed by atoms with E-state index in [2.05, 4.69) is 0 Å². The zero-order valence-corrected chi connectivity index (χ0v) is 9.50. The third-order valence-corrected chi connectivity index (χ3v) is 1.60. The van der Waals surface area contributed by atoms with Crippen molar-refractivity contribution in [2.75, 3.05) is 19.8 Å². The molecule has 0 aromatic rings. The molecular weight excluding hydrogens is 180 g/mol. The molecule has 0 rings (SSSR count). The lowest BCUT2D eigenvalue weighted by Crippen LogP contribution is -2.26. The topological polar surface area (TPSA) is 35.5 Å². The minimum absolute atomic E-state index is 0.118. The number of hydrogen-bond donors (Lipinski definition) is 0. The molecule has 3 nitrogen and oxygen atoms in total. The van der Waals surface area contributed by atoms with Crippen molar-refractivity contribution in [1.82, 2.24) is 0 Å². The molecule has 0 spiro atoms. The molecule has 0 saturated carbocycles. The molecular formula is C11H20O3. The highest BCUT2D eigenvalue weighted by atomic mass is 16.5. The van der Waals surface area contributed by atoms with Gasteiger partial charge in [0.2, 0.25) is 0 Å². The Labute approximate surface area is 86.1 Å². The van der Waals surface area contributed by atoms with Gasteiger partial charge in [0.05, 0.1) is 13.2 Å². The molecule has 0 aliphatic rings. The summed E-state index contributed by atoms with van der Waals surface area (Å²) in [5.74, 6) is -0.294. The number of ether oxygens (including phenoxy) is 2. The number of esters is 1. The second-order valence-corrected chi connectivity index (χ2v) is 3.91. The molecule has 82 valence electrons. The van der Waals surface area contributed by atoms with Gasteiger partial charge in [-0.3, -0.25) is 0 Å². The van der Waals surface area contributed by atoms with Crippen LogP contribution < -0.4 is 0 Å². The Morgan fingerprint density at radius 2 is 2.00 bits per heavy atom. The summed E-state index contributed by atoms with van der Waals surface area (Å²) < 4.78 is 10.3. The Morgan fingerprint density at radius 1 is 1.36 bits per heavy atom. The van der Waals surface area contributed by atoms with Crippen LogP contribution in [0.5, 0.6) is 0 Å². The molecule has 0 aromatic carbocycles. The quantitative estimate of drug-likeness (QED) is 0.487. The fourth-order valence-corrected chi connectivity index (χ4v) is 0.871. The number of carbonyl (C=O) groups excluding carboxylic acids is 1. The van der Waals surface area contributed by atoms with Crippen LogP contribution in [0.4, 0.5) is 0 Å². The number of rotatable bonds is 6. The zero-order chi connectivity index (χ0) is 11.0. The molecule has 0 unspecified atom stereocenters. The molecule has 0 N–H and O–H groups in total. The van der Waals surface area contributed by atoms with Gasteiger partial charge in [-0.25, -0.2) is 4.79 Å². The van der Waals surface area contributed by atoms with E-state index in [9.17, 15) is 4.79 Å². The first-order chi connectivity index (χ1) is 6.52. The van der Waals surface area contributed by atoms with Gasteiger partial charge in [-0.15, -0.1) is 0 Å². The van der Waals surface area contributed by atoms with Crippen molar-refractivity contribution in [3.05, 3.63) is 12.2 Å². The predicted octanol–water partition coefficient (Wildman–Crippen LogP) is 2.17. The Morgan fingerprint density at radius 3 is 2.50 bits per heavy atom. The van der Waals surface area contributed by atoms with Gasteiger partial charge >= 0.3 is 5.97 Å². The van der Waals surface area contributed by atoms with Crippen LogP contribution in [0, 0.1) is 5.41 Å². The highest BCUT2D eigenvalue weighted by Gasteiger charge is 2.19. The van der Waals surface area contributed by atoms with E-state index < -0.39 is 0 Å². The maximum Gasteiger partial charge on any atom is 0.330 e. The molecule has 0 heterocycles. The summed E-state index contributed by atoms with van der Waals surface area (Å²) in [6, 6.07) is 0. The van der Waals surface area contributed by atoms with Crippen LogP contribution in [-0.2, 0) is 14.3 Å². The van der Waals surface area contributed by atoms with Gasteiger partial charge in [0.15, 0.2) is 0 Å². The highest BCUT2D eigenvalue weighted by Crippen LogP contribution is 2.15. The Kier molecular flexibility index (Phi) is 6.21. The first-order valence-corrected chi connectivity index (χ1v) is 4.89. The van der Waals surface area contributed by atoms with E-state index in [1.165, 1.54) is 6.08 Å². The molecule has 0 aliphatic heterocycles. The SMILES string of the molecule is CC=CC(=O)OCC(C)(C)COCC. The van der Waals surface area contributed by atoms with Crippen LogP contribution >= 0.6 is 0 Å². The first kappa shape index (κ1) is 13.2. The fourth-order valence-electron chi connectivity index (χ4n) is 0.871. The molecule has 0 bridgehead atoms. The van der Waals surface area contributed by atoms with Crippen molar-refractivity contribution in [1.29, 1.82) is 0 Å². The molecule has 14 heavy (non-hydrogen) atoms. The maximum absolute atomic E-state index is 11.0. The van der Waals surface area contributed by atoms with Crippen LogP contribution in [0.3, 0.4) is 0 Å². The first-order valence-electron chi connectivity index (χ1n) is 4.89. The lowest BCUT2D eigenvalue weighted by molar-refractivity contribution is -0.141. The summed E-state index contributed by atoms with van der Waals surface area (Å²) in [6.07, 6.45) is 3.08. The molecule has 0 amide bonds. The lowest BCUT2D eigenvalue weighted by atomic mass is 9.96. The predicted molar refractivity (Wildman–Crippen MR) is 56.0 cm³/mol. The van der Waals surface area contributed by atoms with Crippen molar-refractivity contribution in [2.24, 2.45) is 5.41 Å². The maximum atomic E-state index is 11.0. The second kappa shape index (κ2) is 6.60. The molecule has 0 saturated heterocycles. The van der Waals surface area contributed by atoms with Gasteiger partial charge in [0.25, 0.3) is 0 Å². The third kappa shape index (κ3) is 6.66. The molecule has 0 aliphatic carbocycles. The Balaban J connectivity index is 3.80. The number of allylic oxidation sites excluding steroid dienone is 1. The average Bonchev–Trinajstić information content (AvgIpc) is 2.13. The van der Waals surface area contributed by atoms with E-state index in [1.807, 2.05) is 20.8 Å². The second-order valence-electron chi connectivity index (χ2n) is 3.91. The monoisotopic (exact) mass is 200 g/mol. The highest BCUT2D eigenvalue weighted by molar-refractivity contribution is 5.81. The van der Waals surface area contributed by atoms with Crippen LogP contribution in [-0.4, -0.2) is 25.8 Å². The lowest BCUT2D eigenvalue weighted by Gasteiger charge is -2.23. The molecule has 0 aromatic heterocycles. The fraction of sp³-hybridized carbons (Fsp3) is 0.727. The van der Waals surface area contributed by atoms with Crippen LogP contribution in [0.1, 0.15) is 27.7 Å². The van der Waals surface area contributed by atoms with Gasteiger partial charge in [-0.05, 0) is 13.8 Å². The summed E-state index contributed by atoms with van der Waals surface area (Å²) in [5.41, 5.74) is -0.118. The summed E-state index contributed by atoms with van der Waals surface area (Å²) in [7, 11) is 0. The van der Waals surface area contributed by atoms with E-state index in [0.29, 0.717) is 19.8 Å². The minimum atomic E-state index is -0.294. The molecule has 0 atom stereocenters. The third-order valence-electron chi connectivity index (χ3n) is 1.60. The van der Waals surface area contributed by atoms with E-state index >= 15 is 0 Å². The smallest absolute Gasteiger partial charge is 0.330 e. The normalized spacial score (nSPS) is 12.0. The van der Waals surface area contributed by atoms with Gasteiger partial charge in [-0.2, -0.15) is 0 Å². The average molecular weight is 200 g/mol. The van der Waals surface area contributed by atoms with E-state index in [4.69, 9.17) is 9.47 Å². The minimum Gasteiger partial charge on any atom is -0.462 e. The van der Waals surface area contributed by atoms with Gasteiger partial charge in [0, 0.05) is 18.1 Å². The van der Waals surface area contributed by atoms with E-state index in [1.54, 1.807) is 13.0 Å². The van der Waals surface area contributed by atoms with Crippen LogP contribution in [0.2, 0.25) is 0 Å². The largest absolute Gasteiger partial charge is 0.462 e. The summed E-state index contributed by atoms with van der Waals surface area (Å²) in [4.78, 5) is 11.0. The number of hydrogen-bond acceptors (Lipinski definition) is 3. The molecule has 3 heteroatoms. The standard InChI is InChI=1S/C11H20O3/c1-5-7-10(12)14-9-11(3,4)8-13-6-2/h5,7H,6,8-9H2,1-4H3. The molecule has 0 radical (unpaired) electrons. The Hall–Kier alpha value is -0.830. The summed E-state index contributed by atoms with van der Waals surface area (Å²) in [6.45, 7) is 9.42.